The van der Waals surface area contributed by atoms with Gasteiger partial charge in [0.05, 0.1) is 6.61 Å². The van der Waals surface area contributed by atoms with E-state index < -0.39 is 17.4 Å². The summed E-state index contributed by atoms with van der Waals surface area (Å²) in [4.78, 5) is 40.8. The first kappa shape index (κ1) is 18.3. The molecule has 2 heterocycles. The Hall–Kier alpha value is -3.49. The molecular formula is C18H18N4O5. The first-order chi connectivity index (χ1) is 12.9. The van der Waals surface area contributed by atoms with Crippen LogP contribution in [-0.4, -0.2) is 33.2 Å². The van der Waals surface area contributed by atoms with Gasteiger partial charge in [-0.25, -0.2) is 9.78 Å². The molecule has 140 valence electrons. The van der Waals surface area contributed by atoms with Crippen molar-refractivity contribution in [3.63, 3.8) is 0 Å². The van der Waals surface area contributed by atoms with Gasteiger partial charge in [0.1, 0.15) is 18.3 Å². The fourth-order valence-electron chi connectivity index (χ4n) is 2.63. The highest BCUT2D eigenvalue weighted by Gasteiger charge is 2.22. The van der Waals surface area contributed by atoms with Crippen LogP contribution in [0.25, 0.3) is 11.1 Å². The summed E-state index contributed by atoms with van der Waals surface area (Å²) in [7, 11) is 0. The van der Waals surface area contributed by atoms with Crippen LogP contribution in [0.5, 0.6) is 0 Å². The van der Waals surface area contributed by atoms with Crippen molar-refractivity contribution < 1.29 is 18.8 Å². The number of hydrogen-bond acceptors (Lipinski definition) is 7. The van der Waals surface area contributed by atoms with Crippen LogP contribution in [0, 0.1) is 13.8 Å². The molecule has 3 rings (SSSR count). The number of esters is 1. The van der Waals surface area contributed by atoms with E-state index in [0.29, 0.717) is 5.69 Å². The van der Waals surface area contributed by atoms with Crippen molar-refractivity contribution in [2.75, 3.05) is 11.9 Å². The number of fused-ring (bicyclic) bond motifs is 1. The first-order valence-electron chi connectivity index (χ1n) is 8.29. The Morgan fingerprint density at radius 2 is 2.07 bits per heavy atom. The molecule has 9 nitrogen and oxygen atoms in total. The second kappa shape index (κ2) is 7.40. The highest BCUT2D eigenvalue weighted by atomic mass is 16.5. The minimum absolute atomic E-state index is 0.0888. The van der Waals surface area contributed by atoms with Gasteiger partial charge in [-0.05, 0) is 32.4 Å². The van der Waals surface area contributed by atoms with Crippen LogP contribution in [0.1, 0.15) is 28.5 Å². The third-order valence-corrected chi connectivity index (χ3v) is 3.90. The number of ether oxygens (including phenoxy) is 1. The monoisotopic (exact) mass is 370 g/mol. The molecule has 2 aromatic heterocycles. The predicted molar refractivity (Wildman–Crippen MR) is 96.6 cm³/mol. The second-order valence-electron chi connectivity index (χ2n) is 5.98. The summed E-state index contributed by atoms with van der Waals surface area (Å²) in [6, 6.07) is 5.62. The van der Waals surface area contributed by atoms with Gasteiger partial charge in [0.2, 0.25) is 11.6 Å². The molecule has 0 radical (unpaired) electrons. The SMILES string of the molecule is CCOC(=O)c1noc2ncn(CC(=O)Nc3ccc(C)cc3C)c(=O)c12. The maximum absolute atomic E-state index is 12.7. The number of rotatable bonds is 5. The number of nitrogens with zero attached hydrogens (tertiary/aromatic N) is 3. The minimum Gasteiger partial charge on any atom is -0.461 e. The summed E-state index contributed by atoms with van der Waals surface area (Å²) >= 11 is 0. The molecule has 0 bridgehead atoms. The van der Waals surface area contributed by atoms with Crippen molar-refractivity contribution in [2.45, 2.75) is 27.3 Å². The van der Waals surface area contributed by atoms with Crippen LogP contribution >= 0.6 is 0 Å². The van der Waals surface area contributed by atoms with Gasteiger partial charge in [0.15, 0.2) is 0 Å². The topological polar surface area (TPSA) is 116 Å². The summed E-state index contributed by atoms with van der Waals surface area (Å²) in [5.41, 5.74) is 1.69. The predicted octanol–water partition coefficient (Wildman–Crippen LogP) is 1.82. The van der Waals surface area contributed by atoms with Crippen molar-refractivity contribution in [3.8, 4) is 0 Å². The van der Waals surface area contributed by atoms with Crippen molar-refractivity contribution in [2.24, 2.45) is 0 Å². The van der Waals surface area contributed by atoms with E-state index in [1.165, 1.54) is 6.33 Å². The van der Waals surface area contributed by atoms with Crippen molar-refractivity contribution in [3.05, 3.63) is 51.7 Å². The number of carbonyl (C=O) groups excluding carboxylic acids is 2. The highest BCUT2D eigenvalue weighted by molar-refractivity contribution is 5.99. The molecule has 27 heavy (non-hydrogen) atoms. The van der Waals surface area contributed by atoms with E-state index in [9.17, 15) is 14.4 Å². The molecule has 0 saturated heterocycles. The van der Waals surface area contributed by atoms with E-state index in [2.05, 4.69) is 15.5 Å². The molecule has 1 amide bonds. The smallest absolute Gasteiger partial charge is 0.361 e. The lowest BCUT2D eigenvalue weighted by Gasteiger charge is -2.10. The van der Waals surface area contributed by atoms with Crippen LogP contribution in [0.3, 0.4) is 0 Å². The van der Waals surface area contributed by atoms with Crippen LogP contribution in [0.15, 0.2) is 33.8 Å². The van der Waals surface area contributed by atoms with Crippen LogP contribution in [-0.2, 0) is 16.1 Å². The molecule has 0 unspecified atom stereocenters. The molecular weight excluding hydrogens is 352 g/mol. The van der Waals surface area contributed by atoms with Gasteiger partial charge in [0.25, 0.3) is 11.3 Å². The molecule has 9 heteroatoms. The zero-order valence-electron chi connectivity index (χ0n) is 15.1. The lowest BCUT2D eigenvalue weighted by molar-refractivity contribution is -0.116. The summed E-state index contributed by atoms with van der Waals surface area (Å²) in [6.45, 7) is 5.32. The Balaban J connectivity index is 1.87. The van der Waals surface area contributed by atoms with E-state index in [-0.39, 0.29) is 29.9 Å². The fourth-order valence-corrected chi connectivity index (χ4v) is 2.63. The van der Waals surface area contributed by atoms with Gasteiger partial charge in [-0.3, -0.25) is 14.2 Å². The van der Waals surface area contributed by atoms with Gasteiger partial charge >= 0.3 is 5.97 Å². The van der Waals surface area contributed by atoms with Crippen LogP contribution in [0.4, 0.5) is 5.69 Å². The maximum Gasteiger partial charge on any atom is 0.361 e. The summed E-state index contributed by atoms with van der Waals surface area (Å²) in [5, 5.41) is 6.20. The second-order valence-corrected chi connectivity index (χ2v) is 5.98. The zero-order chi connectivity index (χ0) is 19.6. The number of benzene rings is 1. The Kier molecular flexibility index (Phi) is 5.02. The molecule has 0 atom stereocenters. The number of aromatic nitrogens is 3. The van der Waals surface area contributed by atoms with E-state index in [0.717, 1.165) is 15.7 Å². The van der Waals surface area contributed by atoms with E-state index >= 15 is 0 Å². The summed E-state index contributed by atoms with van der Waals surface area (Å²) < 4.78 is 10.8. The van der Waals surface area contributed by atoms with Crippen LogP contribution < -0.4 is 10.9 Å². The fraction of sp³-hybridized carbons (Fsp3) is 0.278. The van der Waals surface area contributed by atoms with Gasteiger partial charge in [0, 0.05) is 5.69 Å². The molecule has 0 aliphatic carbocycles. The summed E-state index contributed by atoms with van der Waals surface area (Å²) in [5.74, 6) is -1.19. The minimum atomic E-state index is -0.785. The normalized spacial score (nSPS) is 10.8. The van der Waals surface area contributed by atoms with Gasteiger partial charge in [-0.15, -0.1) is 0 Å². The Morgan fingerprint density at radius 3 is 2.78 bits per heavy atom. The highest BCUT2D eigenvalue weighted by Crippen LogP contribution is 2.16. The third kappa shape index (κ3) is 3.71. The van der Waals surface area contributed by atoms with Gasteiger partial charge in [-0.1, -0.05) is 22.9 Å². The number of anilines is 1. The molecule has 0 spiro atoms. The number of nitrogens with one attached hydrogen (secondary N) is 1. The van der Waals surface area contributed by atoms with Gasteiger partial charge in [-0.2, -0.15) is 0 Å². The largest absolute Gasteiger partial charge is 0.461 e. The zero-order valence-corrected chi connectivity index (χ0v) is 15.1. The summed E-state index contributed by atoms with van der Waals surface area (Å²) in [6.07, 6.45) is 1.17. The van der Waals surface area contributed by atoms with Crippen molar-refractivity contribution in [1.82, 2.24) is 14.7 Å². The lowest BCUT2D eigenvalue weighted by atomic mass is 10.1. The van der Waals surface area contributed by atoms with E-state index in [1.807, 2.05) is 26.0 Å². The number of carbonyl (C=O) groups is 2. The molecule has 1 N–H and O–H groups in total. The average Bonchev–Trinajstić information content (AvgIpc) is 3.05. The molecule has 0 fully saturated rings. The van der Waals surface area contributed by atoms with E-state index in [1.54, 1.807) is 13.0 Å². The van der Waals surface area contributed by atoms with Crippen molar-refractivity contribution >= 4 is 28.7 Å². The average molecular weight is 370 g/mol. The Bertz CT molecular complexity index is 1080. The Morgan fingerprint density at radius 1 is 1.30 bits per heavy atom. The molecule has 1 aromatic carbocycles. The first-order valence-corrected chi connectivity index (χ1v) is 8.29. The number of aryl methyl sites for hydroxylation is 2. The molecule has 0 aliphatic rings. The Labute approximate surface area is 153 Å². The van der Waals surface area contributed by atoms with Gasteiger partial charge < -0.3 is 14.6 Å². The number of amides is 1. The van der Waals surface area contributed by atoms with Crippen molar-refractivity contribution in [1.29, 1.82) is 0 Å². The molecule has 0 aliphatic heterocycles. The number of hydrogen-bond donors (Lipinski definition) is 1. The lowest BCUT2D eigenvalue weighted by Crippen LogP contribution is -2.28. The molecule has 3 aromatic rings. The van der Waals surface area contributed by atoms with E-state index in [4.69, 9.17) is 9.26 Å². The van der Waals surface area contributed by atoms with Crippen LogP contribution in [0.2, 0.25) is 0 Å². The standard InChI is InChI=1S/C18H18N4O5/c1-4-26-18(25)15-14-16(27-21-15)19-9-22(17(14)24)8-13(23)20-12-6-5-10(2)7-11(12)3/h5-7,9H,4,8H2,1-3H3,(H,20,23). The quantitative estimate of drug-likeness (QED) is 0.681. The molecule has 0 saturated carbocycles. The third-order valence-electron chi connectivity index (χ3n) is 3.90. The maximum atomic E-state index is 12.7.